The van der Waals surface area contributed by atoms with Crippen molar-refractivity contribution in [1.29, 1.82) is 5.41 Å². The Balaban J connectivity index is 4.10. The highest BCUT2D eigenvalue weighted by Gasteiger charge is 1.82. The zero-order valence-corrected chi connectivity index (χ0v) is 4.28. The molecule has 0 aliphatic carbocycles. The van der Waals surface area contributed by atoms with Crippen molar-refractivity contribution >= 4 is 5.87 Å². The fourth-order valence-corrected chi connectivity index (χ4v) is 0.0803. The van der Waals surface area contributed by atoms with E-state index in [2.05, 4.69) is 12.4 Å². The van der Waals surface area contributed by atoms with Crippen LogP contribution in [0.15, 0.2) is 17.8 Å². The molecule has 0 atom stereocenters. The van der Waals surface area contributed by atoms with Gasteiger partial charge >= 0.3 is 0 Å². The average molecular weight is 96.1 g/mol. The molecule has 0 amide bonds. The Bertz CT molecular complexity index is 129. The molecule has 38 valence electrons. The van der Waals surface area contributed by atoms with Gasteiger partial charge in [-0.15, -0.1) is 0 Å². The van der Waals surface area contributed by atoms with Crippen LogP contribution in [0.25, 0.3) is 0 Å². The van der Waals surface area contributed by atoms with Gasteiger partial charge in [0.1, 0.15) is 0 Å². The van der Waals surface area contributed by atoms with E-state index in [-0.39, 0.29) is 0 Å². The Hall–Kier alpha value is -1.01. The summed E-state index contributed by atoms with van der Waals surface area (Å²) in [6.07, 6.45) is 0. The van der Waals surface area contributed by atoms with Gasteiger partial charge < -0.3 is 5.73 Å². The number of nitrogens with two attached hydrogens (primary N) is 1. The summed E-state index contributed by atoms with van der Waals surface area (Å²) in [5, 5.41) is 6.51. The van der Waals surface area contributed by atoms with Gasteiger partial charge in [-0.3, -0.25) is 5.41 Å². The first kappa shape index (κ1) is 5.99. The van der Waals surface area contributed by atoms with Crippen LogP contribution in [0.4, 0.5) is 0 Å². The molecule has 7 heavy (non-hydrogen) atoms. The average Bonchev–Trinajstić information content (AvgIpc) is 1.65. The van der Waals surface area contributed by atoms with E-state index in [0.29, 0.717) is 11.3 Å². The monoisotopic (exact) mass is 96.1 g/mol. The van der Waals surface area contributed by atoms with Gasteiger partial charge in [0.25, 0.3) is 0 Å². The third kappa shape index (κ3) is 1.79. The fraction of sp³-hybridized carbons (Fsp3) is 0.200. The van der Waals surface area contributed by atoms with Crippen LogP contribution in [0.5, 0.6) is 0 Å². The lowest BCUT2D eigenvalue weighted by atomic mass is 10.3. The maximum Gasteiger partial charge on any atom is 0.0364 e. The molecule has 0 rings (SSSR count). The van der Waals surface area contributed by atoms with E-state index < -0.39 is 0 Å². The third-order valence-corrected chi connectivity index (χ3v) is 0.669. The molecular formula is C5H8N2. The smallest absolute Gasteiger partial charge is 0.0364 e. The second kappa shape index (κ2) is 2.21. The quantitative estimate of drug-likeness (QED) is 0.365. The molecule has 3 N–H and O–H groups in total. The molecule has 2 heteroatoms. The molecule has 0 radical (unpaired) electrons. The lowest BCUT2D eigenvalue weighted by Crippen LogP contribution is -1.95. The Labute approximate surface area is 42.8 Å². The molecular weight excluding hydrogens is 88.1 g/mol. The van der Waals surface area contributed by atoms with E-state index in [1.54, 1.807) is 6.92 Å². The van der Waals surface area contributed by atoms with Crippen molar-refractivity contribution in [2.24, 2.45) is 5.73 Å². The summed E-state index contributed by atoms with van der Waals surface area (Å²) in [5.41, 5.74) is 6.14. The van der Waals surface area contributed by atoms with Crippen molar-refractivity contribution in [2.45, 2.75) is 6.92 Å². The molecule has 0 aromatic carbocycles. The molecule has 0 aliphatic heterocycles. The van der Waals surface area contributed by atoms with Crippen LogP contribution in [0.2, 0.25) is 0 Å². The molecule has 0 bridgehead atoms. The van der Waals surface area contributed by atoms with Crippen molar-refractivity contribution in [3.05, 3.63) is 17.8 Å². The number of nitrogens with one attached hydrogen (secondary N) is 1. The summed E-state index contributed by atoms with van der Waals surface area (Å²) < 4.78 is 0. The number of hydrogen-bond donors (Lipinski definition) is 2. The van der Waals surface area contributed by atoms with Gasteiger partial charge in [0, 0.05) is 11.3 Å². The van der Waals surface area contributed by atoms with Gasteiger partial charge in [0.05, 0.1) is 0 Å². The highest BCUT2D eigenvalue weighted by Crippen LogP contribution is 1.90. The normalized spacial score (nSPS) is 7.00. The molecule has 0 aliphatic rings. The van der Waals surface area contributed by atoms with E-state index in [0.717, 1.165) is 0 Å². The minimum Gasteiger partial charge on any atom is -0.398 e. The van der Waals surface area contributed by atoms with Gasteiger partial charge in [-0.1, -0.05) is 6.58 Å². The van der Waals surface area contributed by atoms with E-state index in [1.807, 2.05) is 0 Å². The van der Waals surface area contributed by atoms with Crippen molar-refractivity contribution in [3.63, 3.8) is 0 Å². The van der Waals surface area contributed by atoms with Gasteiger partial charge in [-0.2, -0.15) is 0 Å². The standard InChI is InChI=1S/C5H8N2/c1-4(3-6)5(2)7/h6H,2,7H2,1H3. The molecule has 0 saturated heterocycles. The summed E-state index contributed by atoms with van der Waals surface area (Å²) >= 11 is 0. The van der Waals surface area contributed by atoms with E-state index in [4.69, 9.17) is 11.1 Å². The first-order valence-electron chi connectivity index (χ1n) is 1.89. The van der Waals surface area contributed by atoms with Crippen LogP contribution in [0, 0.1) is 5.41 Å². The van der Waals surface area contributed by atoms with E-state index >= 15 is 0 Å². The highest BCUT2D eigenvalue weighted by atomic mass is 14.6. The molecule has 0 fully saturated rings. The number of hydrogen-bond acceptors (Lipinski definition) is 2. The van der Waals surface area contributed by atoms with Gasteiger partial charge in [-0.05, 0) is 12.8 Å². The molecule has 0 heterocycles. The minimum absolute atomic E-state index is 0.412. The topological polar surface area (TPSA) is 49.9 Å². The van der Waals surface area contributed by atoms with Crippen molar-refractivity contribution in [3.8, 4) is 0 Å². The first-order valence-corrected chi connectivity index (χ1v) is 1.89. The summed E-state index contributed by atoms with van der Waals surface area (Å²) in [7, 11) is 0. The maximum atomic E-state index is 6.51. The second-order valence-corrected chi connectivity index (χ2v) is 1.28. The van der Waals surface area contributed by atoms with Crippen molar-refractivity contribution < 1.29 is 0 Å². The van der Waals surface area contributed by atoms with Crippen LogP contribution < -0.4 is 5.73 Å². The van der Waals surface area contributed by atoms with Crippen molar-refractivity contribution in [1.82, 2.24) is 0 Å². The highest BCUT2D eigenvalue weighted by molar-refractivity contribution is 5.59. The largest absolute Gasteiger partial charge is 0.398 e. The van der Waals surface area contributed by atoms with Crippen LogP contribution in [-0.4, -0.2) is 5.87 Å². The van der Waals surface area contributed by atoms with Crippen LogP contribution in [0.1, 0.15) is 6.92 Å². The Morgan fingerprint density at radius 2 is 2.29 bits per heavy atom. The fourth-order valence-electron chi connectivity index (χ4n) is 0.0803. The molecule has 0 saturated carbocycles. The van der Waals surface area contributed by atoms with Crippen molar-refractivity contribution in [2.75, 3.05) is 0 Å². The van der Waals surface area contributed by atoms with Crippen LogP contribution in [-0.2, 0) is 0 Å². The maximum absolute atomic E-state index is 6.51. The summed E-state index contributed by atoms with van der Waals surface area (Å²) in [6.45, 7) is 5.07. The van der Waals surface area contributed by atoms with Crippen LogP contribution >= 0.6 is 0 Å². The summed E-state index contributed by atoms with van der Waals surface area (Å²) in [5.74, 6) is 2.11. The SMILES string of the molecule is C=C(N)C(C)=C=N. The third-order valence-electron chi connectivity index (χ3n) is 0.669. The lowest BCUT2D eigenvalue weighted by molar-refractivity contribution is 1.33. The van der Waals surface area contributed by atoms with Gasteiger partial charge in [-0.25, -0.2) is 0 Å². The Morgan fingerprint density at radius 1 is 1.86 bits per heavy atom. The van der Waals surface area contributed by atoms with E-state index in [1.165, 1.54) is 0 Å². The molecule has 0 unspecified atom stereocenters. The summed E-state index contributed by atoms with van der Waals surface area (Å²) in [4.78, 5) is 0. The Morgan fingerprint density at radius 3 is 2.29 bits per heavy atom. The number of allylic oxidation sites excluding steroid dienone is 1. The summed E-state index contributed by atoms with van der Waals surface area (Å²) in [6, 6.07) is 0. The lowest BCUT2D eigenvalue weighted by Gasteiger charge is -1.87. The zero-order valence-electron chi connectivity index (χ0n) is 4.28. The zero-order chi connectivity index (χ0) is 5.86. The second-order valence-electron chi connectivity index (χ2n) is 1.28. The molecule has 0 aromatic rings. The predicted octanol–water partition coefficient (Wildman–Crippen LogP) is 0.654. The predicted molar refractivity (Wildman–Crippen MR) is 30.2 cm³/mol. The molecule has 2 nitrogen and oxygen atoms in total. The van der Waals surface area contributed by atoms with E-state index in [9.17, 15) is 0 Å². The number of rotatable bonds is 1. The minimum atomic E-state index is 0.412. The molecule has 0 spiro atoms. The first-order chi connectivity index (χ1) is 3.18. The Kier molecular flexibility index (Phi) is 1.89. The van der Waals surface area contributed by atoms with Gasteiger partial charge in [0.15, 0.2) is 0 Å². The van der Waals surface area contributed by atoms with Gasteiger partial charge in [0.2, 0.25) is 0 Å². The van der Waals surface area contributed by atoms with Crippen LogP contribution in [0.3, 0.4) is 0 Å². The molecule has 0 aromatic heterocycles.